The predicted octanol–water partition coefficient (Wildman–Crippen LogP) is 3.70. The normalized spacial score (nSPS) is 18.1. The van der Waals surface area contributed by atoms with E-state index in [1.54, 1.807) is 30.1 Å². The molecule has 3 heterocycles. The second kappa shape index (κ2) is 9.30. The van der Waals surface area contributed by atoms with E-state index in [4.69, 9.17) is 0 Å². The topological polar surface area (TPSA) is 89.2 Å². The van der Waals surface area contributed by atoms with E-state index < -0.39 is 10.0 Å². The van der Waals surface area contributed by atoms with Gasteiger partial charge in [0.15, 0.2) is 0 Å². The first-order valence-corrected chi connectivity index (χ1v) is 13.7. The van der Waals surface area contributed by atoms with Gasteiger partial charge in [0.25, 0.3) is 10.0 Å². The SMILES string of the molecule is Cc1cc2c(cnn2-c2ccc(F)cc2)cc1[C@@H]1CN(S(=O)(=O)c2cnn(C)n2)CCN1CC(C)(C)C. The Morgan fingerprint density at radius 3 is 2.43 bits per heavy atom. The zero-order valence-electron chi connectivity index (χ0n) is 21.8. The van der Waals surface area contributed by atoms with Crippen LogP contribution in [0.3, 0.4) is 0 Å². The molecule has 0 spiro atoms. The number of rotatable bonds is 5. The van der Waals surface area contributed by atoms with Crippen LogP contribution >= 0.6 is 0 Å². The fourth-order valence-corrected chi connectivity index (χ4v) is 6.35. The Hall–Kier alpha value is -3.15. The lowest BCUT2D eigenvalue weighted by molar-refractivity contribution is 0.0817. The number of halogens is 1. The predicted molar refractivity (Wildman–Crippen MR) is 139 cm³/mol. The third kappa shape index (κ3) is 5.03. The van der Waals surface area contributed by atoms with E-state index in [9.17, 15) is 12.8 Å². The summed E-state index contributed by atoms with van der Waals surface area (Å²) in [5.74, 6) is -0.295. The number of sulfonamides is 1. The highest BCUT2D eigenvalue weighted by atomic mass is 32.2. The number of benzene rings is 2. The summed E-state index contributed by atoms with van der Waals surface area (Å²) in [6, 6.07) is 10.3. The van der Waals surface area contributed by atoms with Crippen LogP contribution in [0.4, 0.5) is 4.39 Å². The number of hydrogen-bond acceptors (Lipinski definition) is 6. The zero-order valence-corrected chi connectivity index (χ0v) is 22.6. The molecule has 1 atom stereocenters. The van der Waals surface area contributed by atoms with Gasteiger partial charge in [0.05, 0.1) is 23.6 Å². The molecule has 1 aliphatic rings. The fourth-order valence-electron chi connectivity index (χ4n) is 5.03. The number of nitrogens with zero attached hydrogens (tertiary/aromatic N) is 7. The zero-order chi connectivity index (χ0) is 26.5. The third-order valence-electron chi connectivity index (χ3n) is 6.70. The monoisotopic (exact) mass is 525 g/mol. The summed E-state index contributed by atoms with van der Waals surface area (Å²) in [6.07, 6.45) is 3.10. The van der Waals surface area contributed by atoms with Crippen molar-refractivity contribution in [3.8, 4) is 5.69 Å². The molecule has 0 radical (unpaired) electrons. The van der Waals surface area contributed by atoms with Crippen LogP contribution in [0, 0.1) is 18.2 Å². The van der Waals surface area contributed by atoms with E-state index in [1.807, 2.05) is 6.92 Å². The van der Waals surface area contributed by atoms with E-state index in [-0.39, 0.29) is 22.3 Å². The highest BCUT2D eigenvalue weighted by Crippen LogP contribution is 2.35. The average molecular weight is 526 g/mol. The van der Waals surface area contributed by atoms with E-state index in [0.717, 1.165) is 34.3 Å². The molecule has 9 nitrogen and oxygen atoms in total. The molecular formula is C26H32FN7O2S. The second-order valence-corrected chi connectivity index (χ2v) is 12.8. The summed E-state index contributed by atoms with van der Waals surface area (Å²) < 4.78 is 43.6. The molecule has 1 fully saturated rings. The number of hydrogen-bond donors (Lipinski definition) is 0. The van der Waals surface area contributed by atoms with Crippen molar-refractivity contribution in [3.05, 3.63) is 65.7 Å². The molecule has 1 saturated heterocycles. The first-order valence-electron chi connectivity index (χ1n) is 12.3. The van der Waals surface area contributed by atoms with E-state index in [1.165, 1.54) is 27.4 Å². The summed E-state index contributed by atoms with van der Waals surface area (Å²) in [7, 11) is -2.17. The molecule has 0 N–H and O–H groups in total. The Morgan fingerprint density at radius 1 is 1.05 bits per heavy atom. The van der Waals surface area contributed by atoms with Gasteiger partial charge in [-0.25, -0.2) is 17.5 Å². The molecule has 37 heavy (non-hydrogen) atoms. The maximum Gasteiger partial charge on any atom is 0.264 e. The lowest BCUT2D eigenvalue weighted by atomic mass is 9.91. The fraction of sp³-hybridized carbons (Fsp3) is 0.423. The van der Waals surface area contributed by atoms with Crippen LogP contribution in [0.15, 0.2) is 53.8 Å². The van der Waals surface area contributed by atoms with Crippen molar-refractivity contribution < 1.29 is 12.8 Å². The lowest BCUT2D eigenvalue weighted by Gasteiger charge is -2.43. The Morgan fingerprint density at radius 2 is 1.78 bits per heavy atom. The first-order chi connectivity index (χ1) is 17.4. The maximum atomic E-state index is 13.5. The molecule has 2 aromatic heterocycles. The molecule has 2 aromatic carbocycles. The van der Waals surface area contributed by atoms with E-state index in [2.05, 4.69) is 53.1 Å². The average Bonchev–Trinajstić information content (AvgIpc) is 3.45. The van der Waals surface area contributed by atoms with Crippen molar-refractivity contribution in [3.63, 3.8) is 0 Å². The van der Waals surface area contributed by atoms with E-state index >= 15 is 0 Å². The Kier molecular flexibility index (Phi) is 6.41. The number of fused-ring (bicyclic) bond motifs is 1. The van der Waals surface area contributed by atoms with Gasteiger partial charge in [-0.2, -0.15) is 19.3 Å². The van der Waals surface area contributed by atoms with Crippen LogP contribution < -0.4 is 0 Å². The molecule has 0 amide bonds. The molecule has 0 unspecified atom stereocenters. The van der Waals surface area contributed by atoms with Crippen molar-refractivity contribution in [2.24, 2.45) is 12.5 Å². The molecule has 196 valence electrons. The summed E-state index contributed by atoms with van der Waals surface area (Å²) in [6.45, 7) is 10.7. The summed E-state index contributed by atoms with van der Waals surface area (Å²) in [4.78, 5) is 3.64. The second-order valence-electron chi connectivity index (χ2n) is 10.9. The number of aryl methyl sites for hydroxylation is 2. The number of aromatic nitrogens is 5. The van der Waals surface area contributed by atoms with Gasteiger partial charge in [-0.05, 0) is 59.9 Å². The van der Waals surface area contributed by atoms with Gasteiger partial charge >= 0.3 is 0 Å². The smallest absolute Gasteiger partial charge is 0.264 e. The minimum atomic E-state index is -3.77. The van der Waals surface area contributed by atoms with E-state index in [0.29, 0.717) is 19.6 Å². The Bertz CT molecular complexity index is 1540. The third-order valence-corrected chi connectivity index (χ3v) is 8.43. The van der Waals surface area contributed by atoms with Crippen LogP contribution in [0.5, 0.6) is 0 Å². The Labute approximate surface area is 216 Å². The van der Waals surface area contributed by atoms with Gasteiger partial charge in [-0.1, -0.05) is 20.8 Å². The summed E-state index contributed by atoms with van der Waals surface area (Å²) in [5, 5.41) is 13.5. The van der Waals surface area contributed by atoms with Gasteiger partial charge in [0.1, 0.15) is 5.82 Å². The lowest BCUT2D eigenvalue weighted by Crippen LogP contribution is -2.52. The quantitative estimate of drug-likeness (QED) is 0.395. The minimum absolute atomic E-state index is 0.0363. The van der Waals surface area contributed by atoms with Gasteiger partial charge in [0.2, 0.25) is 5.03 Å². The van der Waals surface area contributed by atoms with Crippen LogP contribution in [-0.4, -0.2) is 68.6 Å². The first kappa shape index (κ1) is 25.5. The van der Waals surface area contributed by atoms with Crippen molar-refractivity contribution in [1.82, 2.24) is 34.0 Å². The number of piperazine rings is 1. The van der Waals surface area contributed by atoms with Gasteiger partial charge in [0, 0.05) is 44.7 Å². The summed E-state index contributed by atoms with van der Waals surface area (Å²) in [5.41, 5.74) is 3.83. The molecular weight excluding hydrogens is 493 g/mol. The highest BCUT2D eigenvalue weighted by molar-refractivity contribution is 7.89. The molecule has 0 aliphatic carbocycles. The van der Waals surface area contributed by atoms with Gasteiger partial charge < -0.3 is 0 Å². The summed E-state index contributed by atoms with van der Waals surface area (Å²) >= 11 is 0. The van der Waals surface area contributed by atoms with Crippen LogP contribution in [0.2, 0.25) is 0 Å². The molecule has 4 aromatic rings. The Balaban J connectivity index is 1.54. The molecule has 0 bridgehead atoms. The molecule has 5 rings (SSSR count). The molecule has 0 saturated carbocycles. The van der Waals surface area contributed by atoms with Crippen LogP contribution in [0.25, 0.3) is 16.6 Å². The van der Waals surface area contributed by atoms with Crippen molar-refractivity contribution >= 4 is 20.9 Å². The van der Waals surface area contributed by atoms with Crippen molar-refractivity contribution in [1.29, 1.82) is 0 Å². The standard InChI is InChI=1S/C26H32FN7O2S/c1-18-12-23-19(14-29-34(23)21-8-6-20(27)7-9-21)13-22(18)24-16-33(11-10-32(24)17-26(2,3)4)37(35,36)25-15-28-31(5)30-25/h6-9,12-15,24H,10-11,16-17H2,1-5H3/t24-/m0/s1. The molecule has 11 heteroatoms. The van der Waals surface area contributed by atoms with Crippen LogP contribution in [0.1, 0.15) is 37.9 Å². The minimum Gasteiger partial charge on any atom is -0.293 e. The van der Waals surface area contributed by atoms with Gasteiger partial charge in [-0.15, -0.1) is 5.10 Å². The van der Waals surface area contributed by atoms with Crippen molar-refractivity contribution in [2.75, 3.05) is 26.2 Å². The largest absolute Gasteiger partial charge is 0.293 e. The highest BCUT2D eigenvalue weighted by Gasteiger charge is 2.38. The van der Waals surface area contributed by atoms with Crippen LogP contribution in [-0.2, 0) is 17.1 Å². The maximum absolute atomic E-state index is 13.5. The molecule has 1 aliphatic heterocycles. The van der Waals surface area contributed by atoms with Crippen molar-refractivity contribution in [2.45, 2.75) is 38.8 Å². The van der Waals surface area contributed by atoms with Gasteiger partial charge in [-0.3, -0.25) is 4.90 Å².